The summed E-state index contributed by atoms with van der Waals surface area (Å²) in [7, 11) is 1.70. The average Bonchev–Trinajstić information content (AvgIpc) is 2.85. The number of hydrogen-bond donors (Lipinski definition) is 0. The van der Waals surface area contributed by atoms with E-state index in [2.05, 4.69) is 18.2 Å². The molecule has 0 spiro atoms. The summed E-state index contributed by atoms with van der Waals surface area (Å²) in [6, 6.07) is 24.3. The minimum atomic E-state index is 0.0527. The van der Waals surface area contributed by atoms with Crippen molar-refractivity contribution in [3.8, 4) is 17.2 Å². The largest absolute Gasteiger partial charge is 0.496 e. The monoisotopic (exact) mass is 489 g/mol. The van der Waals surface area contributed by atoms with Crippen molar-refractivity contribution in [3.63, 3.8) is 0 Å². The molecule has 0 N–H and O–H groups in total. The van der Waals surface area contributed by atoms with E-state index in [9.17, 15) is 4.79 Å². The van der Waals surface area contributed by atoms with Crippen LogP contribution in [0, 0.1) is 0 Å². The Morgan fingerprint density at radius 2 is 1.36 bits per heavy atom. The minimum Gasteiger partial charge on any atom is -0.496 e. The lowest BCUT2D eigenvalue weighted by Crippen LogP contribution is -2.30. The van der Waals surface area contributed by atoms with Gasteiger partial charge < -0.3 is 19.1 Å². The van der Waals surface area contributed by atoms with Crippen molar-refractivity contribution in [1.82, 2.24) is 4.90 Å². The van der Waals surface area contributed by atoms with E-state index in [1.165, 1.54) is 0 Å². The zero-order valence-electron chi connectivity index (χ0n) is 22.4. The minimum absolute atomic E-state index is 0.0527. The van der Waals surface area contributed by atoms with Crippen molar-refractivity contribution in [2.75, 3.05) is 13.7 Å². The first-order chi connectivity index (χ1) is 17.3. The second kappa shape index (κ2) is 13.0. The van der Waals surface area contributed by atoms with Crippen LogP contribution < -0.4 is 14.2 Å². The summed E-state index contributed by atoms with van der Waals surface area (Å²) >= 11 is 0. The van der Waals surface area contributed by atoms with Gasteiger partial charge in [-0.3, -0.25) is 4.79 Å². The lowest BCUT2D eigenvalue weighted by molar-refractivity contribution is -0.129. The fourth-order valence-corrected chi connectivity index (χ4v) is 4.31. The summed E-state index contributed by atoms with van der Waals surface area (Å²) in [5, 5.41) is 0. The van der Waals surface area contributed by atoms with Crippen LogP contribution in [0.2, 0.25) is 0 Å². The van der Waals surface area contributed by atoms with Gasteiger partial charge in [0.05, 0.1) is 19.3 Å². The molecule has 3 rings (SSSR count). The van der Waals surface area contributed by atoms with Gasteiger partial charge in [-0.05, 0) is 75.6 Å². The van der Waals surface area contributed by atoms with E-state index in [-0.39, 0.29) is 24.0 Å². The molecular formula is C31H39NO4. The second-order valence-corrected chi connectivity index (χ2v) is 9.57. The number of rotatable bonds is 12. The van der Waals surface area contributed by atoms with Crippen LogP contribution in [0.5, 0.6) is 17.2 Å². The first kappa shape index (κ1) is 27.1. The lowest BCUT2D eigenvalue weighted by Gasteiger charge is -2.26. The molecule has 0 aromatic heterocycles. The summed E-state index contributed by atoms with van der Waals surface area (Å²) < 4.78 is 17.3. The van der Waals surface area contributed by atoms with Gasteiger partial charge in [-0.25, -0.2) is 0 Å². The van der Waals surface area contributed by atoms with E-state index in [0.717, 1.165) is 40.4 Å². The molecule has 0 heterocycles. The fourth-order valence-electron chi connectivity index (χ4n) is 4.31. The van der Waals surface area contributed by atoms with Crippen LogP contribution in [-0.4, -0.2) is 36.7 Å². The summed E-state index contributed by atoms with van der Waals surface area (Å²) in [6.07, 6.45) is 1.01. The quantitative estimate of drug-likeness (QED) is 0.279. The highest BCUT2D eigenvalue weighted by molar-refractivity contribution is 5.73. The van der Waals surface area contributed by atoms with Crippen LogP contribution in [0.25, 0.3) is 0 Å². The molecule has 5 nitrogen and oxygen atoms in total. The molecule has 1 amide bonds. The molecule has 5 heteroatoms. The standard InChI is InChI=1S/C31H39NO4/c1-22(2)35-27-15-11-25(12-16-27)21-32(24(5)33)20-19-29(30-9-7-8-10-31(30)34-6)26-13-17-28(18-14-26)36-23(3)4/h7-18,22-23,29H,19-21H2,1-6H3/t29-/m0/s1. The number of ether oxygens (including phenoxy) is 3. The van der Waals surface area contributed by atoms with Gasteiger partial charge in [-0.2, -0.15) is 0 Å². The predicted molar refractivity (Wildman–Crippen MR) is 145 cm³/mol. The molecule has 0 bridgehead atoms. The summed E-state index contributed by atoms with van der Waals surface area (Å²) in [6.45, 7) is 10.9. The molecule has 1 atom stereocenters. The van der Waals surface area contributed by atoms with E-state index < -0.39 is 0 Å². The van der Waals surface area contributed by atoms with Crippen molar-refractivity contribution in [2.24, 2.45) is 0 Å². The van der Waals surface area contributed by atoms with Crippen molar-refractivity contribution in [3.05, 3.63) is 89.5 Å². The highest BCUT2D eigenvalue weighted by Gasteiger charge is 2.21. The Morgan fingerprint density at radius 1 is 0.806 bits per heavy atom. The Balaban J connectivity index is 1.81. The second-order valence-electron chi connectivity index (χ2n) is 9.57. The Hall–Kier alpha value is -3.47. The number of para-hydroxylation sites is 1. The molecule has 0 aliphatic heterocycles. The van der Waals surface area contributed by atoms with Gasteiger partial charge in [0.2, 0.25) is 5.91 Å². The molecule has 0 aliphatic carbocycles. The fraction of sp³-hybridized carbons (Fsp3) is 0.387. The number of carbonyl (C=O) groups excluding carboxylic acids is 1. The van der Waals surface area contributed by atoms with Gasteiger partial charge in [0.1, 0.15) is 17.2 Å². The van der Waals surface area contributed by atoms with Crippen LogP contribution >= 0.6 is 0 Å². The summed E-state index contributed by atoms with van der Waals surface area (Å²) in [4.78, 5) is 14.5. The molecule has 0 fully saturated rings. The highest BCUT2D eigenvalue weighted by atomic mass is 16.5. The Labute approximate surface area is 216 Å². The maximum absolute atomic E-state index is 12.6. The molecule has 0 unspecified atom stereocenters. The summed E-state index contributed by atoms with van der Waals surface area (Å²) in [5.41, 5.74) is 3.34. The van der Waals surface area contributed by atoms with Crippen LogP contribution in [0.4, 0.5) is 0 Å². The average molecular weight is 490 g/mol. The number of methoxy groups -OCH3 is 1. The molecular weight excluding hydrogens is 450 g/mol. The van der Waals surface area contributed by atoms with Gasteiger partial charge in [0, 0.05) is 31.5 Å². The van der Waals surface area contributed by atoms with Gasteiger partial charge >= 0.3 is 0 Å². The van der Waals surface area contributed by atoms with Crippen LogP contribution in [0.1, 0.15) is 63.6 Å². The molecule has 36 heavy (non-hydrogen) atoms. The van der Waals surface area contributed by atoms with E-state index in [1.807, 2.05) is 87.2 Å². The number of amides is 1. The summed E-state index contributed by atoms with van der Waals surface area (Å²) in [5.74, 6) is 2.65. The predicted octanol–water partition coefficient (Wildman–Crippen LogP) is 6.84. The Kier molecular flexibility index (Phi) is 9.80. The van der Waals surface area contributed by atoms with E-state index in [0.29, 0.717) is 13.1 Å². The van der Waals surface area contributed by atoms with Crippen molar-refractivity contribution in [2.45, 2.75) is 65.7 Å². The third kappa shape index (κ3) is 7.77. The van der Waals surface area contributed by atoms with Gasteiger partial charge in [-0.15, -0.1) is 0 Å². The van der Waals surface area contributed by atoms with Gasteiger partial charge in [-0.1, -0.05) is 42.5 Å². The normalized spacial score (nSPS) is 11.9. The van der Waals surface area contributed by atoms with E-state index in [4.69, 9.17) is 14.2 Å². The van der Waals surface area contributed by atoms with Gasteiger partial charge in [0.15, 0.2) is 0 Å². The molecule has 3 aromatic rings. The van der Waals surface area contributed by atoms with E-state index >= 15 is 0 Å². The molecule has 3 aromatic carbocycles. The number of benzene rings is 3. The highest BCUT2D eigenvalue weighted by Crippen LogP contribution is 2.35. The maximum atomic E-state index is 12.6. The number of nitrogens with zero attached hydrogens (tertiary/aromatic N) is 1. The Bertz CT molecular complexity index is 1090. The SMILES string of the molecule is COc1ccccc1[C@@H](CCN(Cc1ccc(OC(C)C)cc1)C(C)=O)c1ccc(OC(C)C)cc1. The van der Waals surface area contributed by atoms with Crippen LogP contribution in [0.3, 0.4) is 0 Å². The third-order valence-electron chi connectivity index (χ3n) is 5.97. The molecule has 0 saturated carbocycles. The number of carbonyl (C=O) groups is 1. The van der Waals surface area contributed by atoms with E-state index in [1.54, 1.807) is 14.0 Å². The first-order valence-electron chi connectivity index (χ1n) is 12.7. The topological polar surface area (TPSA) is 48.0 Å². The number of hydrogen-bond acceptors (Lipinski definition) is 4. The zero-order chi connectivity index (χ0) is 26.1. The maximum Gasteiger partial charge on any atom is 0.219 e. The zero-order valence-corrected chi connectivity index (χ0v) is 22.4. The first-order valence-corrected chi connectivity index (χ1v) is 12.7. The van der Waals surface area contributed by atoms with Gasteiger partial charge in [0.25, 0.3) is 0 Å². The third-order valence-corrected chi connectivity index (χ3v) is 5.97. The molecule has 0 radical (unpaired) electrons. The van der Waals surface area contributed by atoms with Crippen molar-refractivity contribution < 1.29 is 19.0 Å². The molecule has 0 saturated heterocycles. The van der Waals surface area contributed by atoms with Crippen molar-refractivity contribution >= 4 is 5.91 Å². The molecule has 0 aliphatic rings. The lowest BCUT2D eigenvalue weighted by atomic mass is 9.87. The van der Waals surface area contributed by atoms with Crippen LogP contribution in [0.15, 0.2) is 72.8 Å². The smallest absolute Gasteiger partial charge is 0.219 e. The van der Waals surface area contributed by atoms with Crippen molar-refractivity contribution in [1.29, 1.82) is 0 Å². The Morgan fingerprint density at radius 3 is 1.89 bits per heavy atom. The molecule has 192 valence electrons. The van der Waals surface area contributed by atoms with Crippen LogP contribution in [-0.2, 0) is 11.3 Å².